The first-order valence-corrected chi connectivity index (χ1v) is 7.12. The Morgan fingerprint density at radius 1 is 1.05 bits per heavy atom. The minimum absolute atomic E-state index is 0.0270. The molecule has 2 aromatic rings. The van der Waals surface area contributed by atoms with Gasteiger partial charge in [0.05, 0.1) is 7.11 Å². The summed E-state index contributed by atoms with van der Waals surface area (Å²) in [6, 6.07) is 14.5. The van der Waals surface area contributed by atoms with E-state index in [2.05, 4.69) is 5.32 Å². The summed E-state index contributed by atoms with van der Waals surface area (Å²) < 4.78 is 5.10. The number of carbonyl (C=O) groups excluding carboxylic acids is 2. The van der Waals surface area contributed by atoms with Gasteiger partial charge in [-0.3, -0.25) is 9.59 Å². The maximum absolute atomic E-state index is 12.0. The van der Waals surface area contributed by atoms with Crippen molar-refractivity contribution in [2.24, 2.45) is 0 Å². The third-order valence-electron chi connectivity index (χ3n) is 3.31. The third kappa shape index (κ3) is 4.45. The van der Waals surface area contributed by atoms with Crippen LogP contribution in [0.15, 0.2) is 48.5 Å². The summed E-state index contributed by atoms with van der Waals surface area (Å²) in [5.41, 5.74) is 2.40. The van der Waals surface area contributed by atoms with E-state index in [1.54, 1.807) is 43.5 Å². The van der Waals surface area contributed by atoms with Crippen LogP contribution in [0, 0.1) is 6.92 Å². The highest BCUT2D eigenvalue weighted by Gasteiger charge is 2.09. The summed E-state index contributed by atoms with van der Waals surface area (Å²) in [7, 11) is 1.57. The van der Waals surface area contributed by atoms with Crippen molar-refractivity contribution in [1.29, 1.82) is 0 Å². The lowest BCUT2D eigenvalue weighted by molar-refractivity contribution is -0.116. The first kappa shape index (κ1) is 15.8. The van der Waals surface area contributed by atoms with E-state index >= 15 is 0 Å². The summed E-state index contributed by atoms with van der Waals surface area (Å²) in [4.78, 5) is 23.9. The molecule has 4 heteroatoms. The fourth-order valence-electron chi connectivity index (χ4n) is 2.04. The van der Waals surface area contributed by atoms with Gasteiger partial charge in [0, 0.05) is 30.2 Å². The number of methoxy groups -OCH3 is 1. The van der Waals surface area contributed by atoms with Gasteiger partial charge < -0.3 is 10.1 Å². The van der Waals surface area contributed by atoms with Crippen molar-refractivity contribution in [3.63, 3.8) is 0 Å². The third-order valence-corrected chi connectivity index (χ3v) is 3.31. The number of hydrogen-bond donors (Lipinski definition) is 1. The van der Waals surface area contributed by atoms with Crippen molar-refractivity contribution < 1.29 is 14.3 Å². The Morgan fingerprint density at radius 2 is 1.77 bits per heavy atom. The van der Waals surface area contributed by atoms with E-state index < -0.39 is 0 Å². The van der Waals surface area contributed by atoms with E-state index in [1.165, 1.54) is 0 Å². The second-order valence-electron chi connectivity index (χ2n) is 5.07. The van der Waals surface area contributed by atoms with Crippen LogP contribution in [0.2, 0.25) is 0 Å². The van der Waals surface area contributed by atoms with Crippen molar-refractivity contribution >= 4 is 17.4 Å². The van der Waals surface area contributed by atoms with Crippen LogP contribution in [0.5, 0.6) is 5.75 Å². The Labute approximate surface area is 130 Å². The maximum Gasteiger partial charge on any atom is 0.224 e. The van der Waals surface area contributed by atoms with E-state index in [-0.39, 0.29) is 24.5 Å². The number of hydrogen-bond acceptors (Lipinski definition) is 3. The average molecular weight is 297 g/mol. The SMILES string of the molecule is COc1cccc(NC(=O)CCC(=O)c2ccc(C)cc2)c1. The largest absolute Gasteiger partial charge is 0.497 e. The second kappa shape index (κ2) is 7.41. The fraction of sp³-hybridized carbons (Fsp3) is 0.222. The monoisotopic (exact) mass is 297 g/mol. The van der Waals surface area contributed by atoms with Crippen molar-refractivity contribution in [3.8, 4) is 5.75 Å². The minimum atomic E-state index is -0.186. The molecule has 0 bridgehead atoms. The Bertz CT molecular complexity index is 662. The van der Waals surface area contributed by atoms with Crippen LogP contribution >= 0.6 is 0 Å². The number of nitrogens with one attached hydrogen (secondary N) is 1. The van der Waals surface area contributed by atoms with Gasteiger partial charge in [0.15, 0.2) is 5.78 Å². The van der Waals surface area contributed by atoms with E-state index in [4.69, 9.17) is 4.74 Å². The molecule has 0 saturated heterocycles. The smallest absolute Gasteiger partial charge is 0.224 e. The molecule has 0 spiro atoms. The fourth-order valence-corrected chi connectivity index (χ4v) is 2.04. The number of Topliss-reactive ketones (excluding diaryl/α,β-unsaturated/α-hetero) is 1. The standard InChI is InChI=1S/C18H19NO3/c1-13-6-8-14(9-7-13)17(20)10-11-18(21)19-15-4-3-5-16(12-15)22-2/h3-9,12H,10-11H2,1-2H3,(H,19,21). The Hall–Kier alpha value is -2.62. The van der Waals surface area contributed by atoms with Gasteiger partial charge in [-0.1, -0.05) is 35.9 Å². The molecule has 4 nitrogen and oxygen atoms in total. The molecule has 0 unspecified atom stereocenters. The van der Waals surface area contributed by atoms with Crippen molar-refractivity contribution in [3.05, 3.63) is 59.7 Å². The van der Waals surface area contributed by atoms with Gasteiger partial charge >= 0.3 is 0 Å². The van der Waals surface area contributed by atoms with Crippen LogP contribution in [0.4, 0.5) is 5.69 Å². The summed E-state index contributed by atoms with van der Waals surface area (Å²) in [5, 5.41) is 2.76. The molecule has 2 rings (SSSR count). The van der Waals surface area contributed by atoms with E-state index in [9.17, 15) is 9.59 Å². The van der Waals surface area contributed by atoms with Crippen molar-refractivity contribution in [1.82, 2.24) is 0 Å². The number of aryl methyl sites for hydroxylation is 1. The van der Waals surface area contributed by atoms with Crippen LogP contribution in [0.25, 0.3) is 0 Å². The van der Waals surface area contributed by atoms with Crippen LogP contribution in [0.3, 0.4) is 0 Å². The van der Waals surface area contributed by atoms with Crippen molar-refractivity contribution in [2.45, 2.75) is 19.8 Å². The highest BCUT2D eigenvalue weighted by atomic mass is 16.5. The summed E-state index contributed by atoms with van der Waals surface area (Å²) >= 11 is 0. The number of anilines is 1. The van der Waals surface area contributed by atoms with Gasteiger partial charge in [-0.05, 0) is 19.1 Å². The average Bonchev–Trinajstić information content (AvgIpc) is 2.53. The first-order valence-electron chi connectivity index (χ1n) is 7.12. The number of ketones is 1. The van der Waals surface area contributed by atoms with Gasteiger partial charge in [0.25, 0.3) is 0 Å². The molecular formula is C18H19NO3. The number of carbonyl (C=O) groups is 2. The molecule has 0 atom stereocenters. The van der Waals surface area contributed by atoms with Gasteiger partial charge in [-0.15, -0.1) is 0 Å². The lowest BCUT2D eigenvalue weighted by atomic mass is 10.0. The number of rotatable bonds is 6. The molecule has 0 aromatic heterocycles. The predicted molar refractivity (Wildman–Crippen MR) is 86.4 cm³/mol. The normalized spacial score (nSPS) is 10.1. The molecule has 0 fully saturated rings. The molecule has 22 heavy (non-hydrogen) atoms. The van der Waals surface area contributed by atoms with Crippen LogP contribution in [-0.2, 0) is 4.79 Å². The first-order chi connectivity index (χ1) is 10.6. The van der Waals surface area contributed by atoms with Gasteiger partial charge in [-0.25, -0.2) is 0 Å². The topological polar surface area (TPSA) is 55.4 Å². The van der Waals surface area contributed by atoms with Crippen molar-refractivity contribution in [2.75, 3.05) is 12.4 Å². The van der Waals surface area contributed by atoms with Crippen LogP contribution < -0.4 is 10.1 Å². The minimum Gasteiger partial charge on any atom is -0.497 e. The molecule has 0 aliphatic carbocycles. The molecule has 0 aliphatic rings. The Morgan fingerprint density at radius 3 is 2.45 bits per heavy atom. The molecule has 2 aromatic carbocycles. The number of benzene rings is 2. The summed E-state index contributed by atoms with van der Waals surface area (Å²) in [6.07, 6.45) is 0.350. The Kier molecular flexibility index (Phi) is 5.31. The zero-order valence-electron chi connectivity index (χ0n) is 12.8. The Balaban J connectivity index is 1.87. The molecule has 1 N–H and O–H groups in total. The summed E-state index contributed by atoms with van der Waals surface area (Å²) in [5.74, 6) is 0.461. The maximum atomic E-state index is 12.0. The molecule has 0 saturated carbocycles. The highest BCUT2D eigenvalue weighted by Crippen LogP contribution is 2.17. The predicted octanol–water partition coefficient (Wildman–Crippen LogP) is 3.61. The summed E-state index contributed by atoms with van der Waals surface area (Å²) in [6.45, 7) is 1.97. The molecular weight excluding hydrogens is 278 g/mol. The zero-order chi connectivity index (χ0) is 15.9. The van der Waals surface area contributed by atoms with Gasteiger partial charge in [0.2, 0.25) is 5.91 Å². The quantitative estimate of drug-likeness (QED) is 0.829. The van der Waals surface area contributed by atoms with Crippen LogP contribution in [-0.4, -0.2) is 18.8 Å². The molecule has 114 valence electrons. The van der Waals surface area contributed by atoms with Gasteiger partial charge in [-0.2, -0.15) is 0 Å². The van der Waals surface area contributed by atoms with Gasteiger partial charge in [0.1, 0.15) is 5.75 Å². The number of amides is 1. The zero-order valence-corrected chi connectivity index (χ0v) is 12.8. The van der Waals surface area contributed by atoms with E-state index in [0.29, 0.717) is 17.0 Å². The molecule has 0 aliphatic heterocycles. The van der Waals surface area contributed by atoms with E-state index in [1.807, 2.05) is 19.1 Å². The lowest BCUT2D eigenvalue weighted by Gasteiger charge is -2.07. The molecule has 1 amide bonds. The molecule has 0 heterocycles. The molecule has 0 radical (unpaired) electrons. The lowest BCUT2D eigenvalue weighted by Crippen LogP contribution is -2.13. The second-order valence-corrected chi connectivity index (χ2v) is 5.07. The number of ether oxygens (including phenoxy) is 1. The highest BCUT2D eigenvalue weighted by molar-refractivity contribution is 6.00. The van der Waals surface area contributed by atoms with Crippen LogP contribution in [0.1, 0.15) is 28.8 Å². The van der Waals surface area contributed by atoms with E-state index in [0.717, 1.165) is 5.56 Å².